The lowest BCUT2D eigenvalue weighted by molar-refractivity contribution is 0.0782. The molecule has 4 N–H and O–H groups in total. The molecular weight excluding hydrogens is 270 g/mol. The Morgan fingerprint density at radius 2 is 2.05 bits per heavy atom. The maximum atomic E-state index is 12.2. The van der Waals surface area contributed by atoms with Crippen molar-refractivity contribution < 1.29 is 9.59 Å². The highest BCUT2D eigenvalue weighted by Crippen LogP contribution is 2.08. The predicted octanol–water partition coefficient (Wildman–Crippen LogP) is 0.850. The minimum absolute atomic E-state index is 0.0965. The standard InChI is InChI=1S/C14H17N5O2/c1-19(9-12-16-6-7-17-12)13(20)11-4-2-10(3-5-11)8-18-14(15)21/h2-7H,8-9H2,1H3,(H,16,17)(H3,15,18,21). The smallest absolute Gasteiger partial charge is 0.312 e. The van der Waals surface area contributed by atoms with Crippen molar-refractivity contribution in [2.24, 2.45) is 5.73 Å². The first-order chi connectivity index (χ1) is 10.1. The molecule has 2 rings (SSSR count). The van der Waals surface area contributed by atoms with Gasteiger partial charge in [0.05, 0.1) is 6.54 Å². The number of hydrogen-bond donors (Lipinski definition) is 3. The van der Waals surface area contributed by atoms with E-state index < -0.39 is 6.03 Å². The number of rotatable bonds is 5. The molecule has 3 amide bonds. The molecule has 7 heteroatoms. The number of H-pyrrole nitrogens is 1. The van der Waals surface area contributed by atoms with E-state index in [1.807, 2.05) is 0 Å². The van der Waals surface area contributed by atoms with Crippen molar-refractivity contribution in [3.05, 3.63) is 53.6 Å². The van der Waals surface area contributed by atoms with E-state index >= 15 is 0 Å². The number of amides is 3. The highest BCUT2D eigenvalue weighted by Gasteiger charge is 2.12. The number of carbonyl (C=O) groups is 2. The number of nitrogens with zero attached hydrogens (tertiary/aromatic N) is 2. The second-order valence-electron chi connectivity index (χ2n) is 4.61. The van der Waals surface area contributed by atoms with Crippen LogP contribution in [0.5, 0.6) is 0 Å². The highest BCUT2D eigenvalue weighted by atomic mass is 16.2. The minimum atomic E-state index is -0.576. The van der Waals surface area contributed by atoms with E-state index in [9.17, 15) is 9.59 Å². The summed E-state index contributed by atoms with van der Waals surface area (Å²) in [6, 6.07) is 6.43. The number of nitrogens with one attached hydrogen (secondary N) is 2. The first-order valence-corrected chi connectivity index (χ1v) is 6.42. The molecule has 1 heterocycles. The van der Waals surface area contributed by atoms with Gasteiger partial charge in [-0.15, -0.1) is 0 Å². The van der Waals surface area contributed by atoms with Gasteiger partial charge in [0.25, 0.3) is 5.91 Å². The van der Waals surface area contributed by atoms with Crippen molar-refractivity contribution in [3.63, 3.8) is 0 Å². The summed E-state index contributed by atoms with van der Waals surface area (Å²) < 4.78 is 0. The van der Waals surface area contributed by atoms with Crippen molar-refractivity contribution in [1.29, 1.82) is 0 Å². The minimum Gasteiger partial charge on any atom is -0.352 e. The maximum absolute atomic E-state index is 12.2. The Hall–Kier alpha value is -2.83. The van der Waals surface area contributed by atoms with Crippen LogP contribution in [0, 0.1) is 0 Å². The molecule has 110 valence electrons. The van der Waals surface area contributed by atoms with Crippen molar-refractivity contribution >= 4 is 11.9 Å². The number of nitrogens with two attached hydrogens (primary N) is 1. The van der Waals surface area contributed by atoms with Gasteiger partial charge in [-0.05, 0) is 17.7 Å². The van der Waals surface area contributed by atoms with Gasteiger partial charge in [0.1, 0.15) is 5.82 Å². The van der Waals surface area contributed by atoms with E-state index in [0.717, 1.165) is 11.4 Å². The first kappa shape index (κ1) is 14.6. The van der Waals surface area contributed by atoms with Crippen LogP contribution in [0.25, 0.3) is 0 Å². The quantitative estimate of drug-likeness (QED) is 0.759. The molecule has 0 unspecified atom stereocenters. The van der Waals surface area contributed by atoms with Crippen LogP contribution in [0.1, 0.15) is 21.7 Å². The molecule has 0 radical (unpaired) electrons. The summed E-state index contributed by atoms with van der Waals surface area (Å²) in [6.45, 7) is 0.753. The molecule has 1 aromatic heterocycles. The molecule has 2 aromatic rings. The summed E-state index contributed by atoms with van der Waals surface area (Å²) in [5, 5.41) is 2.49. The number of benzene rings is 1. The molecule has 1 aromatic carbocycles. The summed E-state index contributed by atoms with van der Waals surface area (Å²) in [6.07, 6.45) is 3.36. The lowest BCUT2D eigenvalue weighted by Gasteiger charge is -2.16. The largest absolute Gasteiger partial charge is 0.352 e. The van der Waals surface area contributed by atoms with E-state index in [-0.39, 0.29) is 5.91 Å². The highest BCUT2D eigenvalue weighted by molar-refractivity contribution is 5.94. The predicted molar refractivity (Wildman–Crippen MR) is 77.3 cm³/mol. The zero-order valence-corrected chi connectivity index (χ0v) is 11.7. The van der Waals surface area contributed by atoms with Crippen LogP contribution in [0.15, 0.2) is 36.7 Å². The number of urea groups is 1. The average Bonchev–Trinajstić information content (AvgIpc) is 2.97. The molecule has 0 saturated carbocycles. The molecule has 21 heavy (non-hydrogen) atoms. The maximum Gasteiger partial charge on any atom is 0.312 e. The van der Waals surface area contributed by atoms with Gasteiger partial charge in [-0.3, -0.25) is 4.79 Å². The SMILES string of the molecule is CN(Cc1ncc[nH]1)C(=O)c1ccc(CNC(N)=O)cc1. The van der Waals surface area contributed by atoms with E-state index in [1.54, 1.807) is 48.6 Å². The molecule has 7 nitrogen and oxygen atoms in total. The van der Waals surface area contributed by atoms with Gasteiger partial charge >= 0.3 is 6.03 Å². The summed E-state index contributed by atoms with van der Waals surface area (Å²) in [7, 11) is 1.72. The van der Waals surface area contributed by atoms with Gasteiger partial charge < -0.3 is 20.9 Å². The number of aromatic nitrogens is 2. The zero-order valence-electron chi connectivity index (χ0n) is 11.7. The second kappa shape index (κ2) is 6.56. The summed E-state index contributed by atoms with van der Waals surface area (Å²) in [5.74, 6) is 0.633. The summed E-state index contributed by atoms with van der Waals surface area (Å²) in [5.41, 5.74) is 6.45. The number of imidazole rings is 1. The third-order valence-corrected chi connectivity index (χ3v) is 2.96. The molecule has 0 aliphatic rings. The van der Waals surface area contributed by atoms with Gasteiger partial charge in [0.2, 0.25) is 0 Å². The molecule has 0 atom stereocenters. The van der Waals surface area contributed by atoms with Gasteiger partial charge in [0.15, 0.2) is 0 Å². The number of primary amides is 1. The van der Waals surface area contributed by atoms with E-state index in [0.29, 0.717) is 18.7 Å². The van der Waals surface area contributed by atoms with Crippen molar-refractivity contribution in [2.45, 2.75) is 13.1 Å². The van der Waals surface area contributed by atoms with Gasteiger partial charge in [0, 0.05) is 31.5 Å². The fourth-order valence-corrected chi connectivity index (χ4v) is 1.86. The van der Waals surface area contributed by atoms with Gasteiger partial charge in [-0.25, -0.2) is 9.78 Å². The Balaban J connectivity index is 1.97. The number of hydrogen-bond acceptors (Lipinski definition) is 3. The van der Waals surface area contributed by atoms with Crippen LogP contribution in [0.3, 0.4) is 0 Å². The van der Waals surface area contributed by atoms with Crippen molar-refractivity contribution in [3.8, 4) is 0 Å². The van der Waals surface area contributed by atoms with Crippen LogP contribution < -0.4 is 11.1 Å². The number of carbonyl (C=O) groups excluding carboxylic acids is 2. The van der Waals surface area contributed by atoms with E-state index in [1.165, 1.54) is 0 Å². The van der Waals surface area contributed by atoms with Crippen LogP contribution in [-0.2, 0) is 13.1 Å². The Labute approximate surface area is 122 Å². The van der Waals surface area contributed by atoms with Crippen LogP contribution >= 0.6 is 0 Å². The lowest BCUT2D eigenvalue weighted by atomic mass is 10.1. The summed E-state index contributed by atoms with van der Waals surface area (Å²) >= 11 is 0. The van der Waals surface area contributed by atoms with Crippen LogP contribution in [-0.4, -0.2) is 33.9 Å². The van der Waals surface area contributed by atoms with Gasteiger partial charge in [-0.1, -0.05) is 12.1 Å². The molecule has 0 aliphatic heterocycles. The van der Waals surface area contributed by atoms with Crippen LogP contribution in [0.2, 0.25) is 0 Å². The monoisotopic (exact) mass is 287 g/mol. The average molecular weight is 287 g/mol. The van der Waals surface area contributed by atoms with Gasteiger partial charge in [-0.2, -0.15) is 0 Å². The Bertz CT molecular complexity index is 607. The Morgan fingerprint density at radius 1 is 1.33 bits per heavy atom. The second-order valence-corrected chi connectivity index (χ2v) is 4.61. The summed E-state index contributed by atoms with van der Waals surface area (Å²) in [4.78, 5) is 31.5. The Morgan fingerprint density at radius 3 is 2.62 bits per heavy atom. The molecule has 0 bridgehead atoms. The molecule has 0 aliphatic carbocycles. The lowest BCUT2D eigenvalue weighted by Crippen LogP contribution is -2.28. The topological polar surface area (TPSA) is 104 Å². The number of aromatic amines is 1. The fraction of sp³-hybridized carbons (Fsp3) is 0.214. The molecular formula is C14H17N5O2. The van der Waals surface area contributed by atoms with E-state index in [2.05, 4.69) is 15.3 Å². The first-order valence-electron chi connectivity index (χ1n) is 6.42. The van der Waals surface area contributed by atoms with Crippen molar-refractivity contribution in [1.82, 2.24) is 20.2 Å². The third-order valence-electron chi connectivity index (χ3n) is 2.96. The third kappa shape index (κ3) is 4.07. The molecule has 0 saturated heterocycles. The van der Waals surface area contributed by atoms with Crippen LogP contribution in [0.4, 0.5) is 4.79 Å². The molecule has 0 fully saturated rings. The normalized spacial score (nSPS) is 10.1. The van der Waals surface area contributed by atoms with Crippen molar-refractivity contribution in [2.75, 3.05) is 7.05 Å². The Kier molecular flexibility index (Phi) is 4.55. The molecule has 0 spiro atoms. The fourth-order valence-electron chi connectivity index (χ4n) is 1.86. The zero-order chi connectivity index (χ0) is 15.2. The van der Waals surface area contributed by atoms with E-state index in [4.69, 9.17) is 5.73 Å².